The van der Waals surface area contributed by atoms with Gasteiger partial charge in [-0.3, -0.25) is 0 Å². The summed E-state index contributed by atoms with van der Waals surface area (Å²) in [6.07, 6.45) is 22.0. The Kier molecular flexibility index (Phi) is 32.7. The maximum atomic E-state index is 8.46. The standard InChI is InChI=1S/2C15H23.Nd.HO2P/c2*1-2-3-4-5-6-7-9-12-15-13-10-8-11-14-15;;1-3-2/h2*10-11,13-14H,2-7,9,12H2,1H3;;(H,1,2)/q2*-1;+3;. The van der Waals surface area contributed by atoms with Gasteiger partial charge in [-0.1, -0.05) is 117 Å². The monoisotopic (exact) mass is 612 g/mol. The van der Waals surface area contributed by atoms with Crippen molar-refractivity contribution in [2.75, 3.05) is 0 Å². The van der Waals surface area contributed by atoms with E-state index in [1.54, 1.807) is 0 Å². The van der Waals surface area contributed by atoms with Crippen molar-refractivity contribution in [3.8, 4) is 0 Å². The van der Waals surface area contributed by atoms with E-state index in [0.29, 0.717) is 0 Å². The van der Waals surface area contributed by atoms with Crippen LogP contribution in [0.4, 0.5) is 0 Å². The molecule has 187 valence electrons. The van der Waals surface area contributed by atoms with E-state index in [9.17, 15) is 0 Å². The van der Waals surface area contributed by atoms with E-state index in [4.69, 9.17) is 9.46 Å². The number of hydrogen-bond donors (Lipinski definition) is 1. The summed E-state index contributed by atoms with van der Waals surface area (Å²) in [5, 5.41) is 0. The fourth-order valence-corrected chi connectivity index (χ4v) is 3.75. The molecule has 1 N–H and O–H groups in total. The van der Waals surface area contributed by atoms with E-state index in [2.05, 4.69) is 50.2 Å². The largest absolute Gasteiger partial charge is 3.00 e. The predicted octanol–water partition coefficient (Wildman–Crippen LogP) is 9.75. The molecule has 0 saturated heterocycles. The van der Waals surface area contributed by atoms with Crippen LogP contribution in [0.25, 0.3) is 0 Å². The van der Waals surface area contributed by atoms with Gasteiger partial charge in [-0.15, -0.1) is 0 Å². The van der Waals surface area contributed by atoms with Gasteiger partial charge in [0.2, 0.25) is 0 Å². The molecule has 2 nitrogen and oxygen atoms in total. The molecule has 2 rings (SSSR count). The van der Waals surface area contributed by atoms with Crippen molar-refractivity contribution < 1.29 is 50.3 Å². The summed E-state index contributed by atoms with van der Waals surface area (Å²) in [4.78, 5) is 6.99. The average Bonchev–Trinajstić information content (AvgIpc) is 2.85. The van der Waals surface area contributed by atoms with Crippen molar-refractivity contribution >= 4 is 8.69 Å². The number of aryl methyl sites for hydroxylation is 2. The number of unbranched alkanes of at least 4 members (excludes halogenated alkanes) is 12. The number of hydrogen-bond acceptors (Lipinski definition) is 1. The molecule has 0 amide bonds. The van der Waals surface area contributed by atoms with Crippen LogP contribution in [-0.4, -0.2) is 4.89 Å². The molecule has 2 aromatic rings. The molecule has 0 aliphatic carbocycles. The maximum Gasteiger partial charge on any atom is 3.00 e. The molecule has 0 bridgehead atoms. The maximum absolute atomic E-state index is 8.46. The summed E-state index contributed by atoms with van der Waals surface area (Å²) in [6.45, 7) is 4.54. The SMILES string of the molecule is CCCCCCCCCc1cc[c-]cc1.CCCCCCCCCc1cc[c-]cc1.O=PO.[Nd+3]. The first-order valence-electron chi connectivity index (χ1n) is 13.1. The first-order chi connectivity index (χ1) is 16.3. The topological polar surface area (TPSA) is 37.3 Å². The third kappa shape index (κ3) is 26.5. The van der Waals surface area contributed by atoms with Crippen LogP contribution in [0.5, 0.6) is 0 Å². The van der Waals surface area contributed by atoms with Crippen LogP contribution in [0.2, 0.25) is 0 Å². The van der Waals surface area contributed by atoms with Gasteiger partial charge in [0.15, 0.2) is 0 Å². The van der Waals surface area contributed by atoms with Crippen molar-refractivity contribution in [3.63, 3.8) is 0 Å². The van der Waals surface area contributed by atoms with Gasteiger partial charge >= 0.3 is 49.5 Å². The predicted molar refractivity (Wildman–Crippen MR) is 144 cm³/mol. The van der Waals surface area contributed by atoms with E-state index >= 15 is 0 Å². The number of benzene rings is 2. The molecule has 0 saturated carbocycles. The summed E-state index contributed by atoms with van der Waals surface area (Å²) in [5.74, 6) is 0. The summed E-state index contributed by atoms with van der Waals surface area (Å²) < 4.78 is 8.46. The smallest absolute Gasteiger partial charge is 0.310 e. The van der Waals surface area contributed by atoms with E-state index < -0.39 is 8.69 Å². The van der Waals surface area contributed by atoms with E-state index in [1.807, 2.05) is 24.3 Å². The number of rotatable bonds is 16. The Morgan fingerprint density at radius 2 is 0.853 bits per heavy atom. The molecule has 0 aliphatic heterocycles. The fraction of sp³-hybridized carbons (Fsp3) is 0.600. The normalized spacial score (nSPS) is 9.85. The van der Waals surface area contributed by atoms with E-state index in [-0.39, 0.29) is 40.8 Å². The average molecular weight is 615 g/mol. The molecule has 0 aliphatic rings. The first-order valence-corrected chi connectivity index (χ1v) is 13.9. The minimum absolute atomic E-state index is 0. The first kappa shape index (κ1) is 36.0. The molecule has 0 fully saturated rings. The van der Waals surface area contributed by atoms with Crippen LogP contribution in [-0.2, 0) is 17.4 Å². The summed E-state index contributed by atoms with van der Waals surface area (Å²) in [6, 6.07) is 22.9. The van der Waals surface area contributed by atoms with E-state index in [0.717, 1.165) is 0 Å². The summed E-state index contributed by atoms with van der Waals surface area (Å²) in [7, 11) is -0.833. The molecule has 0 spiro atoms. The molecule has 0 atom stereocenters. The molecular formula is C30H47NdO2P+. The third-order valence-corrected chi connectivity index (χ3v) is 5.71. The zero-order valence-corrected chi connectivity index (χ0v) is 25.8. The van der Waals surface area contributed by atoms with Crippen LogP contribution >= 0.6 is 8.69 Å². The van der Waals surface area contributed by atoms with Crippen molar-refractivity contribution in [3.05, 3.63) is 71.8 Å². The zero-order chi connectivity index (χ0) is 24.2. The Hall–Kier alpha value is -0.149. The third-order valence-electron chi connectivity index (χ3n) is 5.71. The van der Waals surface area contributed by atoms with Gasteiger partial charge in [-0.05, 0) is 0 Å². The fourth-order valence-electron chi connectivity index (χ4n) is 3.75. The quantitative estimate of drug-likeness (QED) is 0.116. The summed E-state index contributed by atoms with van der Waals surface area (Å²) in [5.41, 5.74) is 2.92. The van der Waals surface area contributed by atoms with Crippen LogP contribution in [0, 0.1) is 53.0 Å². The molecule has 4 heteroatoms. The van der Waals surface area contributed by atoms with Crippen molar-refractivity contribution in [2.24, 2.45) is 0 Å². The van der Waals surface area contributed by atoms with Gasteiger partial charge in [-0.25, -0.2) is 4.57 Å². The minimum atomic E-state index is -0.833. The van der Waals surface area contributed by atoms with Gasteiger partial charge in [0.25, 0.3) is 0 Å². The van der Waals surface area contributed by atoms with Gasteiger partial charge in [0, 0.05) is 0 Å². The van der Waals surface area contributed by atoms with Gasteiger partial charge in [0.05, 0.1) is 0 Å². The van der Waals surface area contributed by atoms with Gasteiger partial charge in [0.1, 0.15) is 0 Å². The molecule has 2 aromatic carbocycles. The van der Waals surface area contributed by atoms with Gasteiger partial charge < -0.3 is 4.89 Å². The Morgan fingerprint density at radius 3 is 1.15 bits per heavy atom. The van der Waals surface area contributed by atoms with E-state index in [1.165, 1.54) is 114 Å². The van der Waals surface area contributed by atoms with Crippen LogP contribution in [0.1, 0.15) is 115 Å². The second kappa shape index (κ2) is 30.9. The second-order valence-corrected chi connectivity index (χ2v) is 8.80. The Morgan fingerprint density at radius 1 is 0.588 bits per heavy atom. The van der Waals surface area contributed by atoms with Crippen molar-refractivity contribution in [1.29, 1.82) is 0 Å². The molecular weight excluding hydrogens is 568 g/mol. The Bertz CT molecular complexity index is 569. The van der Waals surface area contributed by atoms with Crippen molar-refractivity contribution in [2.45, 2.75) is 117 Å². The molecule has 1 radical (unpaired) electrons. The molecule has 0 heterocycles. The van der Waals surface area contributed by atoms with Gasteiger partial charge in [-0.2, -0.15) is 71.8 Å². The minimum Gasteiger partial charge on any atom is -0.310 e. The van der Waals surface area contributed by atoms with Crippen LogP contribution < -0.4 is 0 Å². The summed E-state index contributed by atoms with van der Waals surface area (Å²) >= 11 is 0. The second-order valence-electron chi connectivity index (χ2n) is 8.64. The molecule has 0 unspecified atom stereocenters. The van der Waals surface area contributed by atoms with Crippen LogP contribution in [0.15, 0.2) is 48.5 Å². The van der Waals surface area contributed by atoms with Crippen LogP contribution in [0.3, 0.4) is 0 Å². The Labute approximate surface area is 245 Å². The molecule has 0 aromatic heterocycles. The van der Waals surface area contributed by atoms with Crippen molar-refractivity contribution in [1.82, 2.24) is 0 Å². The zero-order valence-electron chi connectivity index (χ0n) is 21.7. The molecule has 34 heavy (non-hydrogen) atoms. The Balaban J connectivity index is 0.